The van der Waals surface area contributed by atoms with Gasteiger partial charge < -0.3 is 25.4 Å². The number of amides is 3. The molecule has 10 heteroatoms. The van der Waals surface area contributed by atoms with Crippen LogP contribution in [0.25, 0.3) is 0 Å². The molecule has 162 valence electrons. The van der Waals surface area contributed by atoms with Gasteiger partial charge in [0.2, 0.25) is 5.91 Å². The Morgan fingerprint density at radius 3 is 2.72 bits per heavy atom. The minimum Gasteiger partial charge on any atom is -0.493 e. The first-order chi connectivity index (χ1) is 13.5. The summed E-state index contributed by atoms with van der Waals surface area (Å²) in [6, 6.07) is 5.71. The highest BCUT2D eigenvalue weighted by atomic mass is 127. The number of aliphatic imine (C=N–C) groups is 1. The maximum atomic E-state index is 11.6. The number of guanidine groups is 1. The molecule has 0 unspecified atom stereocenters. The number of carbonyl (C=O) groups excluding carboxylic acids is 2. The van der Waals surface area contributed by atoms with Crippen molar-refractivity contribution in [2.45, 2.75) is 19.9 Å². The maximum absolute atomic E-state index is 11.6. The number of rotatable bonds is 10. The number of urea groups is 1. The molecule has 1 heterocycles. The number of nitrogens with zero attached hydrogens (tertiary/aromatic N) is 2. The van der Waals surface area contributed by atoms with Gasteiger partial charge in [-0.1, -0.05) is 12.1 Å². The molecule has 1 saturated heterocycles. The van der Waals surface area contributed by atoms with E-state index in [0.29, 0.717) is 32.3 Å². The van der Waals surface area contributed by atoms with Crippen LogP contribution in [-0.4, -0.2) is 69.8 Å². The predicted octanol–water partition coefficient (Wildman–Crippen LogP) is 1.25. The van der Waals surface area contributed by atoms with E-state index in [0.717, 1.165) is 23.3 Å². The van der Waals surface area contributed by atoms with Gasteiger partial charge in [-0.15, -0.1) is 24.0 Å². The van der Waals surface area contributed by atoms with Crippen molar-refractivity contribution in [3.05, 3.63) is 29.3 Å². The number of ether oxygens (including phenoxy) is 2. The monoisotopic (exact) mass is 519 g/mol. The van der Waals surface area contributed by atoms with Crippen molar-refractivity contribution in [3.63, 3.8) is 0 Å². The van der Waals surface area contributed by atoms with Crippen LogP contribution in [-0.2, 0) is 16.1 Å². The molecule has 29 heavy (non-hydrogen) atoms. The second-order valence-corrected chi connectivity index (χ2v) is 6.36. The van der Waals surface area contributed by atoms with Crippen LogP contribution in [0, 0.1) is 6.92 Å². The van der Waals surface area contributed by atoms with E-state index in [-0.39, 0.29) is 49.0 Å². The van der Waals surface area contributed by atoms with E-state index in [1.807, 2.05) is 25.1 Å². The van der Waals surface area contributed by atoms with Gasteiger partial charge in [0.25, 0.3) is 0 Å². The Morgan fingerprint density at radius 2 is 2.07 bits per heavy atom. The Kier molecular flexibility index (Phi) is 11.4. The Morgan fingerprint density at radius 1 is 1.28 bits per heavy atom. The Bertz CT molecular complexity index is 698. The van der Waals surface area contributed by atoms with Crippen LogP contribution in [0.2, 0.25) is 0 Å². The summed E-state index contributed by atoms with van der Waals surface area (Å²) in [6.45, 7) is 4.55. The van der Waals surface area contributed by atoms with E-state index in [4.69, 9.17) is 9.47 Å². The molecule has 2 rings (SSSR count). The van der Waals surface area contributed by atoms with Gasteiger partial charge >= 0.3 is 6.03 Å². The highest BCUT2D eigenvalue weighted by Gasteiger charge is 2.27. The topological polar surface area (TPSA) is 104 Å². The normalized spacial score (nSPS) is 13.8. The number of hydrogen-bond acceptors (Lipinski definition) is 5. The highest BCUT2D eigenvalue weighted by molar-refractivity contribution is 14.0. The van der Waals surface area contributed by atoms with E-state index in [1.165, 1.54) is 4.90 Å². The molecule has 3 amide bonds. The van der Waals surface area contributed by atoms with E-state index < -0.39 is 0 Å². The van der Waals surface area contributed by atoms with E-state index >= 15 is 0 Å². The van der Waals surface area contributed by atoms with Gasteiger partial charge in [0.1, 0.15) is 5.75 Å². The van der Waals surface area contributed by atoms with E-state index in [9.17, 15) is 9.59 Å². The smallest absolute Gasteiger partial charge is 0.324 e. The minimum atomic E-state index is -0.357. The molecule has 0 aromatic heterocycles. The Balaban J connectivity index is 0.00000420. The third kappa shape index (κ3) is 8.05. The zero-order valence-corrected chi connectivity index (χ0v) is 19.4. The van der Waals surface area contributed by atoms with Crippen molar-refractivity contribution in [1.29, 1.82) is 0 Å². The first-order valence-electron chi connectivity index (χ1n) is 9.29. The van der Waals surface area contributed by atoms with Crippen LogP contribution in [0.1, 0.15) is 17.5 Å². The maximum Gasteiger partial charge on any atom is 0.324 e. The van der Waals surface area contributed by atoms with Crippen molar-refractivity contribution in [3.8, 4) is 5.75 Å². The quantitative estimate of drug-likeness (QED) is 0.141. The van der Waals surface area contributed by atoms with Crippen LogP contribution < -0.4 is 20.7 Å². The number of carbonyl (C=O) groups is 2. The standard InChI is InChI=1S/C19H29N5O4.HI/c1-14-5-6-15(16(11-14)28-10-4-9-27-3)12-22-18(20-2)21-7-8-24-17(25)13-23-19(24)26;/h5-6,11H,4,7-10,12-13H2,1-3H3,(H,23,26)(H2,20,21,22);1H. The molecular formula is C19H30IN5O4. The lowest BCUT2D eigenvalue weighted by Crippen LogP contribution is -2.43. The molecular weight excluding hydrogens is 489 g/mol. The van der Waals surface area contributed by atoms with Crippen LogP contribution in [0.5, 0.6) is 5.75 Å². The second kappa shape index (κ2) is 13.2. The molecule has 0 radical (unpaired) electrons. The number of aryl methyl sites for hydroxylation is 1. The summed E-state index contributed by atoms with van der Waals surface area (Å²) in [6.07, 6.45) is 0.823. The Hall–Kier alpha value is -2.08. The molecule has 9 nitrogen and oxygen atoms in total. The van der Waals surface area contributed by atoms with Gasteiger partial charge in [0.15, 0.2) is 5.96 Å². The SMILES string of the molecule is CN=C(NCCN1C(=O)CNC1=O)NCc1ccc(C)cc1OCCCOC.I. The van der Waals surface area contributed by atoms with Crippen LogP contribution in [0.15, 0.2) is 23.2 Å². The van der Waals surface area contributed by atoms with Crippen LogP contribution in [0.4, 0.5) is 4.79 Å². The van der Waals surface area contributed by atoms with Crippen LogP contribution in [0.3, 0.4) is 0 Å². The zero-order chi connectivity index (χ0) is 20.4. The van der Waals surface area contributed by atoms with Crippen molar-refractivity contribution in [2.24, 2.45) is 4.99 Å². The highest BCUT2D eigenvalue weighted by Crippen LogP contribution is 2.20. The fraction of sp³-hybridized carbons (Fsp3) is 0.526. The van der Waals surface area contributed by atoms with Crippen molar-refractivity contribution in [1.82, 2.24) is 20.9 Å². The molecule has 1 aliphatic heterocycles. The van der Waals surface area contributed by atoms with Gasteiger partial charge in [-0.3, -0.25) is 14.7 Å². The summed E-state index contributed by atoms with van der Waals surface area (Å²) in [5, 5.41) is 8.83. The first-order valence-corrected chi connectivity index (χ1v) is 9.29. The summed E-state index contributed by atoms with van der Waals surface area (Å²) < 4.78 is 10.9. The summed E-state index contributed by atoms with van der Waals surface area (Å²) in [7, 11) is 3.34. The van der Waals surface area contributed by atoms with Gasteiger partial charge in [0.05, 0.1) is 13.2 Å². The average molecular weight is 519 g/mol. The number of hydrogen-bond donors (Lipinski definition) is 3. The van der Waals surface area contributed by atoms with Gasteiger partial charge in [-0.25, -0.2) is 4.79 Å². The molecule has 1 aliphatic rings. The second-order valence-electron chi connectivity index (χ2n) is 6.36. The number of halogens is 1. The molecule has 0 saturated carbocycles. The third-order valence-corrected chi connectivity index (χ3v) is 4.21. The molecule has 0 bridgehead atoms. The minimum absolute atomic E-state index is 0. The summed E-state index contributed by atoms with van der Waals surface area (Å²) in [4.78, 5) is 28.5. The molecule has 1 aromatic carbocycles. The fourth-order valence-electron chi connectivity index (χ4n) is 2.69. The molecule has 3 N–H and O–H groups in total. The van der Waals surface area contributed by atoms with E-state index in [2.05, 4.69) is 20.9 Å². The summed E-state index contributed by atoms with van der Waals surface area (Å²) in [5.41, 5.74) is 2.14. The Labute approximate surface area is 188 Å². The lowest BCUT2D eigenvalue weighted by Gasteiger charge is -2.17. The van der Waals surface area contributed by atoms with Gasteiger partial charge in [-0.05, 0) is 18.6 Å². The molecule has 0 aliphatic carbocycles. The number of benzene rings is 1. The molecule has 1 aromatic rings. The lowest BCUT2D eigenvalue weighted by atomic mass is 10.1. The van der Waals surface area contributed by atoms with E-state index in [1.54, 1.807) is 14.2 Å². The van der Waals surface area contributed by atoms with Crippen molar-refractivity contribution >= 4 is 41.9 Å². The molecule has 1 fully saturated rings. The summed E-state index contributed by atoms with van der Waals surface area (Å²) in [5.74, 6) is 1.20. The van der Waals surface area contributed by atoms with Crippen molar-refractivity contribution in [2.75, 3.05) is 47.0 Å². The molecule has 0 atom stereocenters. The van der Waals surface area contributed by atoms with Gasteiger partial charge in [-0.2, -0.15) is 0 Å². The largest absolute Gasteiger partial charge is 0.493 e. The first kappa shape index (κ1) is 25.0. The van der Waals surface area contributed by atoms with Crippen molar-refractivity contribution < 1.29 is 19.1 Å². The lowest BCUT2D eigenvalue weighted by molar-refractivity contribution is -0.124. The summed E-state index contributed by atoms with van der Waals surface area (Å²) >= 11 is 0. The third-order valence-electron chi connectivity index (χ3n) is 4.21. The fourth-order valence-corrected chi connectivity index (χ4v) is 2.69. The number of methoxy groups -OCH3 is 1. The van der Waals surface area contributed by atoms with Crippen LogP contribution >= 0.6 is 24.0 Å². The zero-order valence-electron chi connectivity index (χ0n) is 17.1. The number of nitrogens with one attached hydrogen (secondary N) is 3. The number of imide groups is 1. The predicted molar refractivity (Wildman–Crippen MR) is 122 cm³/mol. The molecule has 0 spiro atoms. The average Bonchev–Trinajstić information content (AvgIpc) is 3.01. The van der Waals surface area contributed by atoms with Gasteiger partial charge in [0, 0.05) is 52.4 Å².